The number of hydrogen-bond acceptors (Lipinski definition) is 4. The average molecular weight is 422 g/mol. The zero-order valence-electron chi connectivity index (χ0n) is 16.1. The number of amides is 2. The molecule has 5 nitrogen and oxygen atoms in total. The zero-order chi connectivity index (χ0) is 19.1. The van der Waals surface area contributed by atoms with Crippen LogP contribution in [0.4, 0.5) is 11.4 Å². The highest BCUT2D eigenvalue weighted by Crippen LogP contribution is 2.26. The van der Waals surface area contributed by atoms with Crippen LogP contribution in [0.15, 0.2) is 41.8 Å². The second-order valence-corrected chi connectivity index (χ2v) is 8.20. The maximum absolute atomic E-state index is 12.5. The van der Waals surface area contributed by atoms with Gasteiger partial charge in [-0.1, -0.05) is 25.1 Å². The van der Waals surface area contributed by atoms with Gasteiger partial charge >= 0.3 is 0 Å². The molecule has 3 N–H and O–H groups in total. The molecule has 1 unspecified atom stereocenters. The van der Waals surface area contributed by atoms with Crippen molar-refractivity contribution in [3.63, 3.8) is 0 Å². The summed E-state index contributed by atoms with van der Waals surface area (Å²) in [5.74, 6) is 0.869. The van der Waals surface area contributed by atoms with Crippen molar-refractivity contribution >= 4 is 46.9 Å². The van der Waals surface area contributed by atoms with E-state index in [-0.39, 0.29) is 24.2 Å². The quantitative estimate of drug-likeness (QED) is 0.623. The molecule has 28 heavy (non-hydrogen) atoms. The Morgan fingerprint density at radius 2 is 1.71 bits per heavy atom. The maximum atomic E-state index is 12.5. The molecule has 0 aliphatic carbocycles. The van der Waals surface area contributed by atoms with E-state index in [4.69, 9.17) is 0 Å². The number of para-hydroxylation sites is 2. The van der Waals surface area contributed by atoms with Crippen molar-refractivity contribution in [3.05, 3.63) is 46.7 Å². The van der Waals surface area contributed by atoms with Crippen LogP contribution in [0.2, 0.25) is 0 Å². The van der Waals surface area contributed by atoms with E-state index in [1.807, 2.05) is 41.8 Å². The second kappa shape index (κ2) is 11.2. The van der Waals surface area contributed by atoms with E-state index in [1.165, 1.54) is 0 Å². The number of halogens is 1. The Morgan fingerprint density at radius 3 is 2.32 bits per heavy atom. The Morgan fingerprint density at radius 1 is 1.07 bits per heavy atom. The van der Waals surface area contributed by atoms with Gasteiger partial charge in [-0.15, -0.1) is 23.7 Å². The minimum atomic E-state index is -0.0813. The Balaban J connectivity index is 0.00000280. The Kier molecular flexibility index (Phi) is 8.96. The fourth-order valence-electron chi connectivity index (χ4n) is 3.54. The van der Waals surface area contributed by atoms with E-state index in [0.29, 0.717) is 36.1 Å². The summed E-state index contributed by atoms with van der Waals surface area (Å²) in [5, 5.41) is 11.2. The molecule has 1 aliphatic rings. The standard InChI is InChI=1S/C21H27N3O2S.ClH/c1-15(16-8-10-22-11-9-16)13-20(25)23-18-6-2-3-7-19(18)24-21(26)14-17-5-4-12-27-17;/h2-7,12,15-16,22H,8-11,13-14H2,1H3,(H,23,25)(H,24,26);1H. The third-order valence-electron chi connectivity index (χ3n) is 5.09. The Bertz CT molecular complexity index is 761. The number of benzene rings is 1. The summed E-state index contributed by atoms with van der Waals surface area (Å²) in [4.78, 5) is 25.8. The molecule has 2 aromatic rings. The van der Waals surface area contributed by atoms with Crippen LogP contribution >= 0.6 is 23.7 Å². The SMILES string of the molecule is CC(CC(=O)Nc1ccccc1NC(=O)Cc1cccs1)C1CCNCC1.Cl. The molecule has 0 spiro atoms. The first-order chi connectivity index (χ1) is 13.1. The van der Waals surface area contributed by atoms with E-state index >= 15 is 0 Å². The van der Waals surface area contributed by atoms with Gasteiger partial charge in [0, 0.05) is 11.3 Å². The van der Waals surface area contributed by atoms with Gasteiger partial charge < -0.3 is 16.0 Å². The number of rotatable bonds is 7. The lowest BCUT2D eigenvalue weighted by atomic mass is 9.84. The Hall–Kier alpha value is -1.89. The summed E-state index contributed by atoms with van der Waals surface area (Å²) < 4.78 is 0. The van der Waals surface area contributed by atoms with Crippen LogP contribution in [0.25, 0.3) is 0 Å². The first-order valence-corrected chi connectivity index (χ1v) is 10.4. The number of hydrogen-bond donors (Lipinski definition) is 3. The summed E-state index contributed by atoms with van der Waals surface area (Å²) in [6.45, 7) is 4.23. The molecule has 1 aromatic carbocycles. The van der Waals surface area contributed by atoms with E-state index in [9.17, 15) is 9.59 Å². The minimum Gasteiger partial charge on any atom is -0.324 e. The zero-order valence-corrected chi connectivity index (χ0v) is 17.7. The van der Waals surface area contributed by atoms with Gasteiger partial charge in [-0.05, 0) is 61.3 Å². The molecular formula is C21H28ClN3O2S. The Labute approximate surface area is 176 Å². The minimum absolute atomic E-state index is 0. The van der Waals surface area contributed by atoms with Gasteiger partial charge in [0.25, 0.3) is 0 Å². The number of carbonyl (C=O) groups excluding carboxylic acids is 2. The number of thiophene rings is 1. The average Bonchev–Trinajstić information content (AvgIpc) is 3.17. The highest BCUT2D eigenvalue weighted by atomic mass is 35.5. The predicted molar refractivity (Wildman–Crippen MR) is 118 cm³/mol. The van der Waals surface area contributed by atoms with Crippen molar-refractivity contribution in [2.75, 3.05) is 23.7 Å². The van der Waals surface area contributed by atoms with Crippen molar-refractivity contribution < 1.29 is 9.59 Å². The van der Waals surface area contributed by atoms with Crippen molar-refractivity contribution in [2.24, 2.45) is 11.8 Å². The van der Waals surface area contributed by atoms with E-state index in [2.05, 4.69) is 22.9 Å². The van der Waals surface area contributed by atoms with Crippen molar-refractivity contribution in [2.45, 2.75) is 32.6 Å². The highest BCUT2D eigenvalue weighted by molar-refractivity contribution is 7.10. The topological polar surface area (TPSA) is 70.2 Å². The number of nitrogens with one attached hydrogen (secondary N) is 3. The van der Waals surface area contributed by atoms with Gasteiger partial charge in [-0.3, -0.25) is 9.59 Å². The normalized spacial score (nSPS) is 15.3. The summed E-state index contributed by atoms with van der Waals surface area (Å²) in [6, 6.07) is 11.2. The third kappa shape index (κ3) is 6.62. The predicted octanol–water partition coefficient (Wildman–Crippen LogP) is 4.32. The van der Waals surface area contributed by atoms with E-state index in [1.54, 1.807) is 11.3 Å². The largest absolute Gasteiger partial charge is 0.324 e. The van der Waals surface area contributed by atoms with Crippen LogP contribution in [-0.4, -0.2) is 24.9 Å². The summed E-state index contributed by atoms with van der Waals surface area (Å²) in [5.41, 5.74) is 1.29. The van der Waals surface area contributed by atoms with E-state index in [0.717, 1.165) is 30.8 Å². The lowest BCUT2D eigenvalue weighted by Crippen LogP contribution is -2.32. The summed E-state index contributed by atoms with van der Waals surface area (Å²) >= 11 is 1.56. The molecule has 7 heteroatoms. The molecule has 0 radical (unpaired) electrons. The second-order valence-electron chi connectivity index (χ2n) is 7.17. The molecule has 0 saturated carbocycles. The number of anilines is 2. The van der Waals surface area contributed by atoms with Crippen molar-refractivity contribution in [1.29, 1.82) is 0 Å². The fourth-order valence-corrected chi connectivity index (χ4v) is 4.24. The van der Waals surface area contributed by atoms with Crippen LogP contribution < -0.4 is 16.0 Å². The first kappa shape index (κ1) is 22.4. The molecule has 3 rings (SSSR count). The van der Waals surface area contributed by atoms with Gasteiger partial charge in [-0.25, -0.2) is 0 Å². The van der Waals surface area contributed by atoms with Crippen LogP contribution in [0, 0.1) is 11.8 Å². The lowest BCUT2D eigenvalue weighted by Gasteiger charge is -2.28. The fraction of sp³-hybridized carbons (Fsp3) is 0.429. The molecule has 1 saturated heterocycles. The van der Waals surface area contributed by atoms with Gasteiger partial charge in [0.1, 0.15) is 0 Å². The van der Waals surface area contributed by atoms with Gasteiger partial charge in [0.05, 0.1) is 17.8 Å². The molecule has 0 bridgehead atoms. The maximum Gasteiger partial charge on any atom is 0.229 e. The van der Waals surface area contributed by atoms with Crippen LogP contribution in [0.1, 0.15) is 31.1 Å². The molecule has 2 heterocycles. The molecule has 1 fully saturated rings. The molecule has 2 amide bonds. The molecule has 152 valence electrons. The molecular weight excluding hydrogens is 394 g/mol. The van der Waals surface area contributed by atoms with Crippen LogP contribution in [0.3, 0.4) is 0 Å². The molecule has 1 atom stereocenters. The molecule has 1 aromatic heterocycles. The highest BCUT2D eigenvalue weighted by Gasteiger charge is 2.22. The smallest absolute Gasteiger partial charge is 0.229 e. The summed E-state index contributed by atoms with van der Waals surface area (Å²) in [6.07, 6.45) is 3.10. The van der Waals surface area contributed by atoms with Crippen molar-refractivity contribution in [1.82, 2.24) is 5.32 Å². The summed E-state index contributed by atoms with van der Waals surface area (Å²) in [7, 11) is 0. The van der Waals surface area contributed by atoms with Crippen molar-refractivity contribution in [3.8, 4) is 0 Å². The number of carbonyl (C=O) groups is 2. The first-order valence-electron chi connectivity index (χ1n) is 9.53. The lowest BCUT2D eigenvalue weighted by molar-refractivity contribution is -0.117. The number of piperidine rings is 1. The van der Waals surface area contributed by atoms with Gasteiger partial charge in [0.2, 0.25) is 11.8 Å². The third-order valence-corrected chi connectivity index (χ3v) is 5.96. The monoisotopic (exact) mass is 421 g/mol. The van der Waals surface area contributed by atoms with E-state index < -0.39 is 0 Å². The van der Waals surface area contributed by atoms with Crippen LogP contribution in [-0.2, 0) is 16.0 Å². The van der Waals surface area contributed by atoms with Gasteiger partial charge in [0.15, 0.2) is 0 Å². The molecule has 1 aliphatic heterocycles. The van der Waals surface area contributed by atoms with Gasteiger partial charge in [-0.2, -0.15) is 0 Å². The van der Waals surface area contributed by atoms with Crippen LogP contribution in [0.5, 0.6) is 0 Å².